The van der Waals surface area contributed by atoms with Crippen LogP contribution in [-0.2, 0) is 23.7 Å². The Hall–Kier alpha value is -0.530. The van der Waals surface area contributed by atoms with Gasteiger partial charge in [-0.05, 0) is 20.8 Å². The van der Waals surface area contributed by atoms with E-state index in [9.17, 15) is 9.90 Å². The monoisotopic (exact) mass is 300 g/mol. The first-order valence-electron chi connectivity index (χ1n) is 7.49. The van der Waals surface area contributed by atoms with Crippen LogP contribution in [0, 0.1) is 5.92 Å². The summed E-state index contributed by atoms with van der Waals surface area (Å²) in [5.41, 5.74) is -0.816. The number of aliphatic hydroxyl groups is 1. The van der Waals surface area contributed by atoms with Gasteiger partial charge in [0, 0.05) is 13.5 Å². The first-order valence-corrected chi connectivity index (χ1v) is 7.49. The zero-order valence-corrected chi connectivity index (χ0v) is 13.0. The zero-order valence-electron chi connectivity index (χ0n) is 13.0. The van der Waals surface area contributed by atoms with Gasteiger partial charge in [-0.15, -0.1) is 0 Å². The zero-order chi connectivity index (χ0) is 15.4. The Balaban J connectivity index is 1.69. The van der Waals surface area contributed by atoms with E-state index in [1.807, 2.05) is 20.8 Å². The van der Waals surface area contributed by atoms with Gasteiger partial charge in [-0.1, -0.05) is 0 Å². The number of epoxide rings is 2. The van der Waals surface area contributed by atoms with Crippen LogP contribution in [0.5, 0.6) is 0 Å². The molecule has 0 aromatic rings. The summed E-state index contributed by atoms with van der Waals surface area (Å²) in [5.74, 6) is -0.379. The van der Waals surface area contributed by atoms with Crippen LogP contribution in [0.1, 0.15) is 27.2 Å². The highest BCUT2D eigenvalue weighted by Crippen LogP contribution is 2.48. The molecule has 21 heavy (non-hydrogen) atoms. The van der Waals surface area contributed by atoms with Gasteiger partial charge in [0.25, 0.3) is 0 Å². The molecule has 3 fully saturated rings. The lowest BCUT2D eigenvalue weighted by molar-refractivity contribution is -0.160. The standard InChI is InChI=1S/C15H24O6/c1-8(19-6-11-14(2,3)21-11)12-13(18-4)9(16)5-10(17)15(12)7-20-15/h8,10-13,17H,5-7H2,1-4H3. The molecular weight excluding hydrogens is 276 g/mol. The van der Waals surface area contributed by atoms with Crippen molar-refractivity contribution >= 4 is 5.78 Å². The van der Waals surface area contributed by atoms with E-state index < -0.39 is 17.8 Å². The van der Waals surface area contributed by atoms with E-state index in [2.05, 4.69) is 0 Å². The van der Waals surface area contributed by atoms with Gasteiger partial charge >= 0.3 is 0 Å². The summed E-state index contributed by atoms with van der Waals surface area (Å²) in [4.78, 5) is 12.1. The fourth-order valence-electron chi connectivity index (χ4n) is 3.46. The minimum absolute atomic E-state index is 0.0838. The van der Waals surface area contributed by atoms with Crippen molar-refractivity contribution in [3.05, 3.63) is 0 Å². The van der Waals surface area contributed by atoms with Gasteiger partial charge < -0.3 is 24.1 Å². The molecule has 120 valence electrons. The third kappa shape index (κ3) is 2.53. The smallest absolute Gasteiger partial charge is 0.164 e. The van der Waals surface area contributed by atoms with Gasteiger partial charge in [-0.25, -0.2) is 0 Å². The summed E-state index contributed by atoms with van der Waals surface area (Å²) >= 11 is 0. The lowest BCUT2D eigenvalue weighted by Gasteiger charge is -2.40. The van der Waals surface area contributed by atoms with Crippen molar-refractivity contribution in [3.8, 4) is 0 Å². The molecule has 1 spiro atoms. The van der Waals surface area contributed by atoms with Crippen LogP contribution in [0.4, 0.5) is 0 Å². The first-order chi connectivity index (χ1) is 9.82. The Morgan fingerprint density at radius 2 is 2.10 bits per heavy atom. The number of methoxy groups -OCH3 is 1. The first kappa shape index (κ1) is 15.4. The molecule has 6 nitrogen and oxygen atoms in total. The summed E-state index contributed by atoms with van der Waals surface area (Å²) in [5, 5.41) is 10.2. The number of ether oxygens (including phenoxy) is 4. The highest BCUT2D eigenvalue weighted by atomic mass is 16.6. The molecule has 0 amide bonds. The number of hydrogen-bond donors (Lipinski definition) is 1. The number of ketones is 1. The highest BCUT2D eigenvalue weighted by Gasteiger charge is 2.65. The van der Waals surface area contributed by atoms with Crippen LogP contribution < -0.4 is 0 Å². The SMILES string of the molecule is COC1C(=O)CC(O)C2(CO2)C1C(C)OCC1OC1(C)C. The highest BCUT2D eigenvalue weighted by molar-refractivity contribution is 5.85. The van der Waals surface area contributed by atoms with Gasteiger partial charge in [0.05, 0.1) is 36.9 Å². The third-order valence-corrected chi connectivity index (χ3v) is 5.08. The number of rotatable bonds is 5. The summed E-state index contributed by atoms with van der Waals surface area (Å²) in [6.07, 6.45) is -1.45. The van der Waals surface area contributed by atoms with Crippen LogP contribution in [0.15, 0.2) is 0 Å². The third-order valence-electron chi connectivity index (χ3n) is 5.08. The van der Waals surface area contributed by atoms with Crippen LogP contribution in [0.3, 0.4) is 0 Å². The second-order valence-corrected chi connectivity index (χ2v) is 6.86. The van der Waals surface area contributed by atoms with E-state index in [0.29, 0.717) is 13.2 Å². The Bertz CT molecular complexity index is 430. The van der Waals surface area contributed by atoms with E-state index in [0.717, 1.165) is 0 Å². The quantitative estimate of drug-likeness (QED) is 0.736. The average Bonchev–Trinajstić information content (AvgIpc) is 3.29. The van der Waals surface area contributed by atoms with E-state index in [1.165, 1.54) is 7.11 Å². The fraction of sp³-hybridized carbons (Fsp3) is 0.933. The van der Waals surface area contributed by atoms with Crippen molar-refractivity contribution in [2.45, 2.75) is 62.8 Å². The lowest BCUT2D eigenvalue weighted by atomic mass is 9.72. The van der Waals surface area contributed by atoms with Crippen molar-refractivity contribution in [1.82, 2.24) is 0 Å². The Morgan fingerprint density at radius 1 is 1.48 bits per heavy atom. The molecule has 6 unspecified atom stereocenters. The Kier molecular flexibility index (Phi) is 3.65. The van der Waals surface area contributed by atoms with Crippen LogP contribution in [0.2, 0.25) is 0 Å². The molecule has 1 saturated carbocycles. The number of carbonyl (C=O) groups excluding carboxylic acids is 1. The van der Waals surface area contributed by atoms with Crippen molar-refractivity contribution < 1.29 is 28.8 Å². The maximum absolute atomic E-state index is 12.1. The predicted octanol–water partition coefficient (Wildman–Crippen LogP) is 0.303. The molecule has 0 bridgehead atoms. The minimum atomic E-state index is -0.777. The van der Waals surface area contributed by atoms with Gasteiger partial charge in [0.15, 0.2) is 5.78 Å². The number of carbonyl (C=O) groups is 1. The van der Waals surface area contributed by atoms with Gasteiger partial charge in [0.1, 0.15) is 17.8 Å². The summed E-state index contributed by atoms with van der Waals surface area (Å²) in [6, 6.07) is 0. The Labute approximate surface area is 124 Å². The predicted molar refractivity (Wildman–Crippen MR) is 73.0 cm³/mol. The molecule has 0 aromatic heterocycles. The van der Waals surface area contributed by atoms with Gasteiger partial charge in [0.2, 0.25) is 0 Å². The van der Waals surface area contributed by atoms with Crippen LogP contribution in [-0.4, -0.2) is 66.8 Å². The molecule has 1 aliphatic carbocycles. The van der Waals surface area contributed by atoms with Crippen molar-refractivity contribution in [2.75, 3.05) is 20.3 Å². The van der Waals surface area contributed by atoms with Crippen molar-refractivity contribution in [1.29, 1.82) is 0 Å². The molecule has 1 N–H and O–H groups in total. The number of aliphatic hydroxyl groups excluding tert-OH is 1. The molecule has 6 atom stereocenters. The molecule has 0 radical (unpaired) electrons. The van der Waals surface area contributed by atoms with E-state index in [4.69, 9.17) is 18.9 Å². The van der Waals surface area contributed by atoms with Gasteiger partial charge in [-0.2, -0.15) is 0 Å². The lowest BCUT2D eigenvalue weighted by Crippen LogP contribution is -2.57. The summed E-state index contributed by atoms with van der Waals surface area (Å²) in [7, 11) is 1.52. The van der Waals surface area contributed by atoms with Crippen molar-refractivity contribution in [2.24, 2.45) is 5.92 Å². The average molecular weight is 300 g/mol. The molecule has 2 saturated heterocycles. The maximum atomic E-state index is 12.1. The van der Waals surface area contributed by atoms with Crippen molar-refractivity contribution in [3.63, 3.8) is 0 Å². The van der Waals surface area contributed by atoms with Crippen LogP contribution >= 0.6 is 0 Å². The molecule has 2 aliphatic heterocycles. The second kappa shape index (κ2) is 4.99. The molecular formula is C15H24O6. The molecule has 3 rings (SSSR count). The minimum Gasteiger partial charge on any atom is -0.390 e. The van der Waals surface area contributed by atoms with Gasteiger partial charge in [-0.3, -0.25) is 4.79 Å². The Morgan fingerprint density at radius 3 is 2.57 bits per heavy atom. The largest absolute Gasteiger partial charge is 0.390 e. The number of hydrogen-bond acceptors (Lipinski definition) is 6. The maximum Gasteiger partial charge on any atom is 0.164 e. The molecule has 2 heterocycles. The van der Waals surface area contributed by atoms with E-state index >= 15 is 0 Å². The topological polar surface area (TPSA) is 80.8 Å². The fourth-order valence-corrected chi connectivity index (χ4v) is 3.46. The normalized spacial score (nSPS) is 45.7. The summed E-state index contributed by atoms with van der Waals surface area (Å²) < 4.78 is 22.3. The molecule has 3 aliphatic rings. The van der Waals surface area contributed by atoms with Crippen LogP contribution in [0.25, 0.3) is 0 Å². The number of Topliss-reactive ketones (excluding diaryl/α,β-unsaturated/α-hetero) is 1. The van der Waals surface area contributed by atoms with E-state index in [-0.39, 0.29) is 35.9 Å². The summed E-state index contributed by atoms with van der Waals surface area (Å²) in [6.45, 7) is 6.86. The van der Waals surface area contributed by atoms with E-state index in [1.54, 1.807) is 0 Å². The molecule has 0 aromatic carbocycles. The molecule has 6 heteroatoms. The second-order valence-electron chi connectivity index (χ2n) is 6.86.